The first kappa shape index (κ1) is 16.6. The lowest BCUT2D eigenvalue weighted by Crippen LogP contribution is -2.37. The lowest BCUT2D eigenvalue weighted by atomic mass is 10.1. The Balaban J connectivity index is 2.63. The largest absolute Gasteiger partial charge is 0.418 e. The summed E-state index contributed by atoms with van der Waals surface area (Å²) in [7, 11) is 3.17. The Morgan fingerprint density at radius 2 is 1.95 bits per heavy atom. The summed E-state index contributed by atoms with van der Waals surface area (Å²) in [5.74, 6) is 0. The summed E-state index contributed by atoms with van der Waals surface area (Å²) in [5, 5.41) is 5.22. The van der Waals surface area contributed by atoms with Crippen molar-refractivity contribution in [1.82, 2.24) is 10.2 Å². The fourth-order valence-electron chi connectivity index (χ4n) is 1.43. The van der Waals surface area contributed by atoms with E-state index < -0.39 is 11.7 Å². The molecule has 0 aromatic heterocycles. The van der Waals surface area contributed by atoms with Gasteiger partial charge in [0.05, 0.1) is 5.56 Å². The number of benzene rings is 1. The van der Waals surface area contributed by atoms with Crippen molar-refractivity contribution in [3.63, 3.8) is 0 Å². The zero-order valence-corrected chi connectivity index (χ0v) is 12.6. The summed E-state index contributed by atoms with van der Waals surface area (Å²) in [4.78, 5) is 12.6. The van der Waals surface area contributed by atoms with E-state index in [4.69, 9.17) is 0 Å². The number of amides is 2. The quantitative estimate of drug-likeness (QED) is 0.816. The molecular formula is C12H15BrF3N3O. The molecule has 0 fully saturated rings. The minimum atomic E-state index is -4.43. The van der Waals surface area contributed by atoms with E-state index in [1.807, 2.05) is 0 Å². The molecule has 0 aliphatic heterocycles. The number of carbonyl (C=O) groups is 1. The summed E-state index contributed by atoms with van der Waals surface area (Å²) in [6.45, 7) is 0.425. The molecule has 0 saturated heterocycles. The summed E-state index contributed by atoms with van der Waals surface area (Å²) in [6, 6.07) is 3.59. The van der Waals surface area contributed by atoms with Crippen LogP contribution in [0.5, 0.6) is 0 Å². The van der Waals surface area contributed by atoms with Gasteiger partial charge in [0.2, 0.25) is 0 Å². The molecule has 2 amide bonds. The third-order valence-corrected chi connectivity index (χ3v) is 2.90. The van der Waals surface area contributed by atoms with E-state index in [1.54, 1.807) is 14.1 Å². The van der Waals surface area contributed by atoms with E-state index in [0.29, 0.717) is 4.47 Å². The number of urea groups is 1. The number of alkyl halides is 3. The van der Waals surface area contributed by atoms with Gasteiger partial charge in [0.25, 0.3) is 0 Å². The van der Waals surface area contributed by atoms with Crippen LogP contribution in [0.25, 0.3) is 0 Å². The zero-order valence-electron chi connectivity index (χ0n) is 11.0. The van der Waals surface area contributed by atoms with E-state index in [0.717, 1.165) is 6.07 Å². The lowest BCUT2D eigenvalue weighted by molar-refractivity contribution is -0.137. The van der Waals surface area contributed by atoms with Crippen molar-refractivity contribution < 1.29 is 18.0 Å². The molecule has 4 nitrogen and oxygen atoms in total. The van der Waals surface area contributed by atoms with E-state index in [1.165, 1.54) is 17.0 Å². The van der Waals surface area contributed by atoms with Crippen LogP contribution in [0.15, 0.2) is 22.7 Å². The van der Waals surface area contributed by atoms with Gasteiger partial charge >= 0.3 is 12.2 Å². The fraction of sp³-hybridized carbons (Fsp3) is 0.417. The van der Waals surface area contributed by atoms with E-state index in [-0.39, 0.29) is 24.8 Å². The number of hydrogen-bond acceptors (Lipinski definition) is 2. The molecule has 0 saturated carbocycles. The normalized spacial score (nSPS) is 11.1. The van der Waals surface area contributed by atoms with E-state index >= 15 is 0 Å². The molecule has 2 N–H and O–H groups in total. The first-order valence-electron chi connectivity index (χ1n) is 5.77. The van der Waals surface area contributed by atoms with Crippen LogP contribution in [0.1, 0.15) is 5.56 Å². The third kappa shape index (κ3) is 4.92. The van der Waals surface area contributed by atoms with Gasteiger partial charge in [-0.05, 0) is 18.2 Å². The highest BCUT2D eigenvalue weighted by atomic mass is 79.9. The fourth-order valence-corrected chi connectivity index (χ4v) is 1.79. The SMILES string of the molecule is CN(C)C(=O)NCCNc1ccc(Br)cc1C(F)(F)F. The third-order valence-electron chi connectivity index (χ3n) is 2.41. The number of anilines is 1. The number of hydrogen-bond donors (Lipinski definition) is 2. The second-order valence-corrected chi connectivity index (χ2v) is 5.16. The van der Waals surface area contributed by atoms with Crippen LogP contribution in [0.4, 0.5) is 23.7 Å². The van der Waals surface area contributed by atoms with Gasteiger partial charge in [-0.15, -0.1) is 0 Å². The smallest absolute Gasteiger partial charge is 0.383 e. The molecule has 0 heterocycles. The molecule has 8 heteroatoms. The topological polar surface area (TPSA) is 44.4 Å². The first-order chi connectivity index (χ1) is 9.21. The number of rotatable bonds is 4. The molecule has 0 radical (unpaired) electrons. The van der Waals surface area contributed by atoms with E-state index in [2.05, 4.69) is 26.6 Å². The van der Waals surface area contributed by atoms with Crippen molar-refractivity contribution >= 4 is 27.6 Å². The van der Waals surface area contributed by atoms with Gasteiger partial charge in [-0.25, -0.2) is 4.79 Å². The maximum atomic E-state index is 12.8. The van der Waals surface area contributed by atoms with Crippen molar-refractivity contribution in [3.05, 3.63) is 28.2 Å². The van der Waals surface area contributed by atoms with Gasteiger partial charge in [0.1, 0.15) is 0 Å². The van der Waals surface area contributed by atoms with Crippen molar-refractivity contribution in [2.24, 2.45) is 0 Å². The highest BCUT2D eigenvalue weighted by Gasteiger charge is 2.33. The Labute approximate surface area is 123 Å². The van der Waals surface area contributed by atoms with Gasteiger partial charge in [0, 0.05) is 37.3 Å². The first-order valence-corrected chi connectivity index (χ1v) is 6.57. The molecule has 0 unspecified atom stereocenters. The molecule has 112 valence electrons. The van der Waals surface area contributed by atoms with Crippen molar-refractivity contribution in [3.8, 4) is 0 Å². The number of nitrogens with zero attached hydrogens (tertiary/aromatic N) is 1. The Kier molecular flexibility index (Phi) is 5.67. The standard InChI is InChI=1S/C12H15BrF3N3O/c1-19(2)11(20)18-6-5-17-10-4-3-8(13)7-9(10)12(14,15)16/h3-4,7,17H,5-6H2,1-2H3,(H,18,20). The zero-order chi connectivity index (χ0) is 15.3. The summed E-state index contributed by atoms with van der Waals surface area (Å²) >= 11 is 3.02. The number of carbonyl (C=O) groups excluding carboxylic acids is 1. The Hall–Kier alpha value is -1.44. The second-order valence-electron chi connectivity index (χ2n) is 4.24. The molecule has 0 aliphatic carbocycles. The Morgan fingerprint density at radius 3 is 2.50 bits per heavy atom. The second kappa shape index (κ2) is 6.83. The molecule has 0 bridgehead atoms. The van der Waals surface area contributed by atoms with Crippen LogP contribution in [0.3, 0.4) is 0 Å². The summed E-state index contributed by atoms with van der Waals surface area (Å²) in [6.07, 6.45) is -4.43. The van der Waals surface area contributed by atoms with Crippen LogP contribution in [-0.2, 0) is 6.18 Å². The minimum absolute atomic E-state index is 0.0141. The number of halogens is 4. The lowest BCUT2D eigenvalue weighted by Gasteiger charge is -2.16. The van der Waals surface area contributed by atoms with Crippen LogP contribution in [-0.4, -0.2) is 38.1 Å². The van der Waals surface area contributed by atoms with Gasteiger partial charge in [-0.1, -0.05) is 15.9 Å². The Bertz CT molecular complexity index is 478. The van der Waals surface area contributed by atoms with Crippen LogP contribution in [0.2, 0.25) is 0 Å². The van der Waals surface area contributed by atoms with E-state index in [9.17, 15) is 18.0 Å². The van der Waals surface area contributed by atoms with Crippen molar-refractivity contribution in [1.29, 1.82) is 0 Å². The van der Waals surface area contributed by atoms with Crippen LogP contribution in [0, 0.1) is 0 Å². The average Bonchev–Trinajstić information content (AvgIpc) is 2.34. The molecule has 0 atom stereocenters. The molecule has 1 rings (SSSR count). The van der Waals surface area contributed by atoms with Gasteiger partial charge in [-0.3, -0.25) is 0 Å². The van der Waals surface area contributed by atoms with Crippen LogP contribution >= 0.6 is 15.9 Å². The molecule has 1 aromatic carbocycles. The molecule has 0 spiro atoms. The molecular weight excluding hydrogens is 339 g/mol. The molecule has 20 heavy (non-hydrogen) atoms. The average molecular weight is 354 g/mol. The predicted molar refractivity (Wildman–Crippen MR) is 74.7 cm³/mol. The van der Waals surface area contributed by atoms with Crippen molar-refractivity contribution in [2.75, 3.05) is 32.5 Å². The molecule has 0 aliphatic rings. The van der Waals surface area contributed by atoms with Crippen LogP contribution < -0.4 is 10.6 Å². The monoisotopic (exact) mass is 353 g/mol. The number of nitrogens with one attached hydrogen (secondary N) is 2. The highest BCUT2D eigenvalue weighted by molar-refractivity contribution is 9.10. The summed E-state index contributed by atoms with van der Waals surface area (Å²) < 4.78 is 38.9. The van der Waals surface area contributed by atoms with Gasteiger partial charge < -0.3 is 15.5 Å². The van der Waals surface area contributed by atoms with Crippen molar-refractivity contribution in [2.45, 2.75) is 6.18 Å². The Morgan fingerprint density at radius 1 is 1.30 bits per heavy atom. The van der Waals surface area contributed by atoms with Gasteiger partial charge in [-0.2, -0.15) is 13.2 Å². The maximum Gasteiger partial charge on any atom is 0.418 e. The molecule has 1 aromatic rings. The predicted octanol–water partition coefficient (Wildman–Crippen LogP) is 3.15. The maximum absolute atomic E-state index is 12.8. The highest BCUT2D eigenvalue weighted by Crippen LogP contribution is 2.36. The minimum Gasteiger partial charge on any atom is -0.383 e. The van der Waals surface area contributed by atoms with Gasteiger partial charge in [0.15, 0.2) is 0 Å². The summed E-state index contributed by atoms with van der Waals surface area (Å²) in [5.41, 5.74) is -0.759.